The maximum absolute atomic E-state index is 13.7. The quantitative estimate of drug-likeness (QED) is 0.271. The Bertz CT molecular complexity index is 1330. The Balaban J connectivity index is 1.91. The average molecular weight is 576 g/mol. The van der Waals surface area contributed by atoms with Crippen molar-refractivity contribution < 1.29 is 27.4 Å². The van der Waals surface area contributed by atoms with E-state index in [1.165, 1.54) is 38.6 Å². The number of ether oxygens (including phenoxy) is 3. The van der Waals surface area contributed by atoms with Crippen molar-refractivity contribution >= 4 is 43.8 Å². The minimum atomic E-state index is -4.18. The van der Waals surface area contributed by atoms with Gasteiger partial charge < -0.3 is 14.2 Å². The molecule has 0 aliphatic heterocycles. The number of sulfonamides is 1. The number of rotatable bonds is 11. The van der Waals surface area contributed by atoms with E-state index >= 15 is 0 Å². The molecule has 0 spiro atoms. The summed E-state index contributed by atoms with van der Waals surface area (Å²) in [5.74, 6) is 0.573. The molecule has 0 atom stereocenters. The summed E-state index contributed by atoms with van der Waals surface area (Å²) in [4.78, 5) is 12.7. The lowest BCUT2D eigenvalue weighted by atomic mass is 10.2. The number of carbonyl (C=O) groups excluding carboxylic acids is 1. The van der Waals surface area contributed by atoms with Gasteiger partial charge >= 0.3 is 0 Å². The molecule has 0 saturated carbocycles. The summed E-state index contributed by atoms with van der Waals surface area (Å²) < 4.78 is 45.1. The highest BCUT2D eigenvalue weighted by atomic mass is 79.9. The number of nitrogens with one attached hydrogen (secondary N) is 1. The van der Waals surface area contributed by atoms with Gasteiger partial charge in [-0.25, -0.2) is 13.8 Å². The third kappa shape index (κ3) is 6.76. The first kappa shape index (κ1) is 27.0. The monoisotopic (exact) mass is 575 g/mol. The first-order valence-corrected chi connectivity index (χ1v) is 13.1. The smallest absolute Gasteiger partial charge is 0.264 e. The van der Waals surface area contributed by atoms with Gasteiger partial charge in [0, 0.05) is 10.5 Å². The number of halogens is 1. The van der Waals surface area contributed by atoms with Crippen LogP contribution in [-0.2, 0) is 14.8 Å². The number of benzene rings is 3. The van der Waals surface area contributed by atoms with E-state index < -0.39 is 22.5 Å². The number of amides is 1. The van der Waals surface area contributed by atoms with Crippen LogP contribution in [0, 0.1) is 0 Å². The predicted octanol–water partition coefficient (Wildman–Crippen LogP) is 4.21. The maximum atomic E-state index is 13.7. The van der Waals surface area contributed by atoms with Crippen LogP contribution in [0.15, 0.2) is 81.2 Å². The zero-order valence-corrected chi connectivity index (χ0v) is 22.4. The molecule has 0 radical (unpaired) electrons. The van der Waals surface area contributed by atoms with Gasteiger partial charge in [0.2, 0.25) is 0 Å². The number of nitrogens with zero attached hydrogens (tertiary/aromatic N) is 2. The highest BCUT2D eigenvalue weighted by Gasteiger charge is 2.28. The number of carbonyl (C=O) groups is 1. The van der Waals surface area contributed by atoms with Gasteiger partial charge in [0.15, 0.2) is 11.5 Å². The molecule has 0 fully saturated rings. The minimum absolute atomic E-state index is 0.0699. The van der Waals surface area contributed by atoms with E-state index in [1.807, 2.05) is 31.2 Å². The molecule has 9 nitrogen and oxygen atoms in total. The predicted molar refractivity (Wildman–Crippen MR) is 142 cm³/mol. The summed E-state index contributed by atoms with van der Waals surface area (Å²) in [5, 5.41) is 3.95. The van der Waals surface area contributed by atoms with Crippen LogP contribution in [0.2, 0.25) is 0 Å². The number of hydrogen-bond acceptors (Lipinski definition) is 7. The first-order chi connectivity index (χ1) is 17.3. The lowest BCUT2D eigenvalue weighted by Crippen LogP contribution is -2.39. The number of methoxy groups -OCH3 is 2. The van der Waals surface area contributed by atoms with Crippen molar-refractivity contribution in [1.29, 1.82) is 0 Å². The molecule has 36 heavy (non-hydrogen) atoms. The van der Waals surface area contributed by atoms with E-state index in [0.29, 0.717) is 18.1 Å². The molecular weight excluding hydrogens is 550 g/mol. The van der Waals surface area contributed by atoms with Gasteiger partial charge in [0.1, 0.15) is 12.3 Å². The lowest BCUT2D eigenvalue weighted by Gasteiger charge is -2.24. The van der Waals surface area contributed by atoms with Crippen LogP contribution in [0.4, 0.5) is 5.69 Å². The van der Waals surface area contributed by atoms with Crippen molar-refractivity contribution in [2.24, 2.45) is 5.10 Å². The molecule has 0 aromatic heterocycles. The molecule has 0 heterocycles. The number of anilines is 1. The van der Waals surface area contributed by atoms with Gasteiger partial charge in [-0.1, -0.05) is 28.1 Å². The van der Waals surface area contributed by atoms with Gasteiger partial charge in [-0.3, -0.25) is 9.10 Å². The average Bonchev–Trinajstić information content (AvgIpc) is 2.87. The van der Waals surface area contributed by atoms with Crippen LogP contribution in [0.5, 0.6) is 17.2 Å². The zero-order chi connectivity index (χ0) is 26.1. The molecule has 1 amide bonds. The van der Waals surface area contributed by atoms with Gasteiger partial charge in [-0.05, 0) is 61.0 Å². The Morgan fingerprint density at radius 2 is 1.75 bits per heavy atom. The van der Waals surface area contributed by atoms with E-state index in [9.17, 15) is 13.2 Å². The standard InChI is InChI=1S/C25H26BrN3O6S/c1-4-35-21-10-8-20(9-11-21)29(17-25(30)28-27-16-18-6-5-7-19(26)14-18)36(31,32)22-12-13-23(33-2)24(15-22)34-3/h5-16H,4,17H2,1-3H3,(H,28,30)/b27-16-. The molecular formula is C25H26BrN3O6S. The molecule has 1 N–H and O–H groups in total. The normalized spacial score (nSPS) is 11.2. The molecule has 0 aliphatic carbocycles. The molecule has 3 aromatic rings. The van der Waals surface area contributed by atoms with Crippen molar-refractivity contribution in [3.63, 3.8) is 0 Å². The van der Waals surface area contributed by atoms with E-state index in [4.69, 9.17) is 14.2 Å². The van der Waals surface area contributed by atoms with Gasteiger partial charge in [0.05, 0.1) is 37.6 Å². The Labute approximate surface area is 218 Å². The van der Waals surface area contributed by atoms with E-state index in [2.05, 4.69) is 26.5 Å². The first-order valence-electron chi connectivity index (χ1n) is 10.8. The Hall–Kier alpha value is -3.57. The summed E-state index contributed by atoms with van der Waals surface area (Å²) in [5.41, 5.74) is 3.42. The number of hydrazone groups is 1. The third-order valence-corrected chi connectivity index (χ3v) is 7.18. The maximum Gasteiger partial charge on any atom is 0.264 e. The van der Waals surface area contributed by atoms with Crippen molar-refractivity contribution in [3.8, 4) is 17.2 Å². The topological polar surface area (TPSA) is 107 Å². The second kappa shape index (κ2) is 12.4. The molecule has 11 heteroatoms. The fourth-order valence-corrected chi connectivity index (χ4v) is 5.08. The molecule has 3 aromatic carbocycles. The lowest BCUT2D eigenvalue weighted by molar-refractivity contribution is -0.119. The summed E-state index contributed by atoms with van der Waals surface area (Å²) in [6.45, 7) is 1.80. The molecule has 3 rings (SSSR count). The largest absolute Gasteiger partial charge is 0.494 e. The summed E-state index contributed by atoms with van der Waals surface area (Å²) in [7, 11) is -1.31. The fourth-order valence-electron chi connectivity index (χ4n) is 3.23. The summed E-state index contributed by atoms with van der Waals surface area (Å²) in [6.07, 6.45) is 1.46. The number of hydrogen-bond donors (Lipinski definition) is 1. The van der Waals surface area contributed by atoms with Crippen LogP contribution in [0.1, 0.15) is 12.5 Å². The van der Waals surface area contributed by atoms with Crippen LogP contribution < -0.4 is 23.9 Å². The highest BCUT2D eigenvalue weighted by Crippen LogP contribution is 2.32. The SMILES string of the molecule is CCOc1ccc(N(CC(=O)N/N=C\c2cccc(Br)c2)S(=O)(=O)c2ccc(OC)c(OC)c2)cc1. The van der Waals surface area contributed by atoms with E-state index in [-0.39, 0.29) is 16.3 Å². The third-order valence-electron chi connectivity index (χ3n) is 4.92. The second-order valence-corrected chi connectivity index (χ2v) is 10.1. The Morgan fingerprint density at radius 3 is 2.39 bits per heavy atom. The summed E-state index contributed by atoms with van der Waals surface area (Å²) in [6, 6.07) is 18.0. The van der Waals surface area contributed by atoms with Crippen molar-refractivity contribution in [1.82, 2.24) is 5.43 Å². The van der Waals surface area contributed by atoms with Gasteiger partial charge in [0.25, 0.3) is 15.9 Å². The van der Waals surface area contributed by atoms with E-state index in [0.717, 1.165) is 14.3 Å². The van der Waals surface area contributed by atoms with Crippen LogP contribution in [0.25, 0.3) is 0 Å². The van der Waals surface area contributed by atoms with Crippen molar-refractivity contribution in [2.45, 2.75) is 11.8 Å². The zero-order valence-electron chi connectivity index (χ0n) is 20.0. The molecule has 0 saturated heterocycles. The van der Waals surface area contributed by atoms with Gasteiger partial charge in [-0.2, -0.15) is 5.10 Å². The van der Waals surface area contributed by atoms with E-state index in [1.54, 1.807) is 24.3 Å². The molecule has 190 valence electrons. The van der Waals surface area contributed by atoms with Crippen LogP contribution >= 0.6 is 15.9 Å². The fraction of sp³-hybridized carbons (Fsp3) is 0.200. The summed E-state index contributed by atoms with van der Waals surface area (Å²) >= 11 is 3.37. The highest BCUT2D eigenvalue weighted by molar-refractivity contribution is 9.10. The molecule has 0 bridgehead atoms. The Morgan fingerprint density at radius 1 is 1.03 bits per heavy atom. The Kier molecular flexibility index (Phi) is 9.31. The second-order valence-electron chi connectivity index (χ2n) is 7.30. The molecule has 0 aliphatic rings. The molecule has 0 unspecified atom stereocenters. The van der Waals surface area contributed by atoms with Crippen LogP contribution in [0.3, 0.4) is 0 Å². The van der Waals surface area contributed by atoms with Crippen LogP contribution in [-0.4, -0.2) is 47.9 Å². The van der Waals surface area contributed by atoms with Gasteiger partial charge in [-0.15, -0.1) is 0 Å². The van der Waals surface area contributed by atoms with Crippen molar-refractivity contribution in [2.75, 3.05) is 31.7 Å². The minimum Gasteiger partial charge on any atom is -0.494 e. The van der Waals surface area contributed by atoms with Crippen molar-refractivity contribution in [3.05, 3.63) is 76.8 Å².